The molecule has 136 valence electrons. The van der Waals surface area contributed by atoms with Gasteiger partial charge in [-0.05, 0) is 42.8 Å². The number of rotatable bonds is 8. The van der Waals surface area contributed by atoms with E-state index in [-0.39, 0.29) is 11.7 Å². The van der Waals surface area contributed by atoms with Gasteiger partial charge in [0.15, 0.2) is 0 Å². The van der Waals surface area contributed by atoms with Gasteiger partial charge in [-0.25, -0.2) is 9.37 Å². The molecule has 1 heterocycles. The Kier molecular flexibility index (Phi) is 6.00. The predicted molar refractivity (Wildman–Crippen MR) is 101 cm³/mol. The number of nitrogens with zero attached hydrogens (tertiary/aromatic N) is 2. The van der Waals surface area contributed by atoms with Crippen molar-refractivity contribution in [1.82, 2.24) is 14.9 Å². The van der Waals surface area contributed by atoms with Gasteiger partial charge in [-0.2, -0.15) is 0 Å². The van der Waals surface area contributed by atoms with Crippen LogP contribution in [0.5, 0.6) is 0 Å². The van der Waals surface area contributed by atoms with Crippen molar-refractivity contribution in [2.75, 3.05) is 0 Å². The van der Waals surface area contributed by atoms with Gasteiger partial charge in [0.25, 0.3) is 5.91 Å². The minimum atomic E-state index is -0.351. The number of nitrogens with one attached hydrogen (secondary N) is 1. The SMILES string of the molecule is CCCCCCn1c(CNC(=O)c2ccc(F)cc2)nc2ccccc21. The number of benzene rings is 2. The molecular formula is C21H24FN3O. The first-order valence-corrected chi connectivity index (χ1v) is 9.17. The third-order valence-electron chi connectivity index (χ3n) is 4.48. The van der Waals surface area contributed by atoms with Crippen molar-refractivity contribution in [2.45, 2.75) is 45.7 Å². The van der Waals surface area contributed by atoms with E-state index in [2.05, 4.69) is 27.9 Å². The highest BCUT2D eigenvalue weighted by atomic mass is 19.1. The van der Waals surface area contributed by atoms with Gasteiger partial charge >= 0.3 is 0 Å². The number of unbranched alkanes of at least 4 members (excludes halogenated alkanes) is 3. The summed E-state index contributed by atoms with van der Waals surface area (Å²) in [6.45, 7) is 3.43. The molecule has 1 aromatic heterocycles. The molecule has 0 bridgehead atoms. The summed E-state index contributed by atoms with van der Waals surface area (Å²) in [4.78, 5) is 17.0. The number of para-hydroxylation sites is 2. The molecule has 5 heteroatoms. The smallest absolute Gasteiger partial charge is 0.251 e. The largest absolute Gasteiger partial charge is 0.345 e. The highest BCUT2D eigenvalue weighted by Gasteiger charge is 2.12. The number of carbonyl (C=O) groups is 1. The third kappa shape index (κ3) is 4.28. The van der Waals surface area contributed by atoms with E-state index in [9.17, 15) is 9.18 Å². The van der Waals surface area contributed by atoms with Crippen LogP contribution in [0.4, 0.5) is 4.39 Å². The standard InChI is InChI=1S/C21H24FN3O/c1-2-3-4-7-14-25-19-9-6-5-8-18(19)24-20(25)15-23-21(26)16-10-12-17(22)13-11-16/h5-6,8-13H,2-4,7,14-15H2,1H3,(H,23,26). The predicted octanol–water partition coefficient (Wildman–Crippen LogP) is 4.69. The first-order valence-electron chi connectivity index (χ1n) is 9.17. The molecule has 0 atom stereocenters. The van der Waals surface area contributed by atoms with Gasteiger partial charge in [-0.1, -0.05) is 38.3 Å². The zero-order valence-corrected chi connectivity index (χ0v) is 15.0. The lowest BCUT2D eigenvalue weighted by Crippen LogP contribution is -2.24. The molecule has 0 spiro atoms. The molecule has 1 amide bonds. The monoisotopic (exact) mass is 353 g/mol. The Morgan fingerprint density at radius 1 is 1.08 bits per heavy atom. The molecule has 3 rings (SSSR count). The number of hydrogen-bond acceptors (Lipinski definition) is 2. The van der Waals surface area contributed by atoms with Crippen molar-refractivity contribution in [3.8, 4) is 0 Å². The first-order chi connectivity index (χ1) is 12.7. The van der Waals surface area contributed by atoms with Crippen LogP contribution in [0.1, 0.15) is 48.8 Å². The lowest BCUT2D eigenvalue weighted by molar-refractivity contribution is 0.0949. The average Bonchev–Trinajstić information content (AvgIpc) is 3.01. The Bertz CT molecular complexity index is 871. The summed E-state index contributed by atoms with van der Waals surface area (Å²) in [5.41, 5.74) is 2.47. The Morgan fingerprint density at radius 2 is 1.85 bits per heavy atom. The lowest BCUT2D eigenvalue weighted by Gasteiger charge is -2.10. The fourth-order valence-corrected chi connectivity index (χ4v) is 3.07. The summed E-state index contributed by atoms with van der Waals surface area (Å²) in [5.74, 6) is 0.267. The fourth-order valence-electron chi connectivity index (χ4n) is 3.07. The molecule has 0 aliphatic rings. The number of amides is 1. The van der Waals surface area contributed by atoms with Crippen LogP contribution in [0.15, 0.2) is 48.5 Å². The van der Waals surface area contributed by atoms with Crippen molar-refractivity contribution >= 4 is 16.9 Å². The minimum absolute atomic E-state index is 0.227. The second-order valence-electron chi connectivity index (χ2n) is 6.42. The highest BCUT2D eigenvalue weighted by molar-refractivity contribution is 5.94. The molecule has 26 heavy (non-hydrogen) atoms. The van der Waals surface area contributed by atoms with Crippen LogP contribution in [0.25, 0.3) is 11.0 Å². The van der Waals surface area contributed by atoms with Gasteiger partial charge < -0.3 is 9.88 Å². The number of carbonyl (C=O) groups excluding carboxylic acids is 1. The van der Waals surface area contributed by atoms with E-state index in [1.54, 1.807) is 0 Å². The summed E-state index contributed by atoms with van der Waals surface area (Å²) in [7, 11) is 0. The molecular weight excluding hydrogens is 329 g/mol. The van der Waals surface area contributed by atoms with Gasteiger partial charge in [0, 0.05) is 12.1 Å². The Labute approximate surface area is 153 Å². The Morgan fingerprint density at radius 3 is 2.62 bits per heavy atom. The lowest BCUT2D eigenvalue weighted by atomic mass is 10.2. The number of imidazole rings is 1. The summed E-state index contributed by atoms with van der Waals surface area (Å²) >= 11 is 0. The molecule has 1 N–H and O–H groups in total. The molecule has 0 unspecified atom stereocenters. The molecule has 0 aliphatic heterocycles. The summed E-state index contributed by atoms with van der Waals surface area (Å²) in [5, 5.41) is 2.89. The maximum atomic E-state index is 13.0. The zero-order chi connectivity index (χ0) is 18.4. The first kappa shape index (κ1) is 18.1. The van der Waals surface area contributed by atoms with Crippen molar-refractivity contribution in [1.29, 1.82) is 0 Å². The zero-order valence-electron chi connectivity index (χ0n) is 15.0. The van der Waals surface area contributed by atoms with Crippen LogP contribution in [0, 0.1) is 5.82 Å². The van der Waals surface area contributed by atoms with Gasteiger partial charge in [-0.15, -0.1) is 0 Å². The van der Waals surface area contributed by atoms with Crippen LogP contribution in [-0.2, 0) is 13.1 Å². The van der Waals surface area contributed by atoms with E-state index in [1.165, 1.54) is 43.5 Å². The second kappa shape index (κ2) is 8.61. The summed E-state index contributed by atoms with van der Waals surface area (Å²) in [6, 6.07) is 13.6. The summed E-state index contributed by atoms with van der Waals surface area (Å²) in [6.07, 6.45) is 4.70. The third-order valence-corrected chi connectivity index (χ3v) is 4.48. The van der Waals surface area contributed by atoms with Crippen LogP contribution in [0.2, 0.25) is 0 Å². The molecule has 0 saturated carbocycles. The van der Waals surface area contributed by atoms with Crippen LogP contribution >= 0.6 is 0 Å². The van der Waals surface area contributed by atoms with E-state index in [0.717, 1.165) is 29.8 Å². The molecule has 0 fully saturated rings. The normalized spacial score (nSPS) is 11.0. The van der Waals surface area contributed by atoms with Crippen LogP contribution in [0.3, 0.4) is 0 Å². The number of fused-ring (bicyclic) bond motifs is 1. The Hall–Kier alpha value is -2.69. The average molecular weight is 353 g/mol. The topological polar surface area (TPSA) is 46.9 Å². The number of aromatic nitrogens is 2. The molecule has 0 radical (unpaired) electrons. The van der Waals surface area contributed by atoms with E-state index >= 15 is 0 Å². The molecule has 0 saturated heterocycles. The highest BCUT2D eigenvalue weighted by Crippen LogP contribution is 2.17. The number of hydrogen-bond donors (Lipinski definition) is 1. The van der Waals surface area contributed by atoms with E-state index < -0.39 is 0 Å². The molecule has 3 aromatic rings. The van der Waals surface area contributed by atoms with E-state index in [0.29, 0.717) is 12.1 Å². The number of aryl methyl sites for hydroxylation is 1. The van der Waals surface area contributed by atoms with Gasteiger partial charge in [0.2, 0.25) is 0 Å². The van der Waals surface area contributed by atoms with Crippen molar-refractivity contribution < 1.29 is 9.18 Å². The van der Waals surface area contributed by atoms with Crippen molar-refractivity contribution in [3.63, 3.8) is 0 Å². The van der Waals surface area contributed by atoms with Gasteiger partial charge in [0.1, 0.15) is 11.6 Å². The van der Waals surface area contributed by atoms with Crippen LogP contribution < -0.4 is 5.32 Å². The second-order valence-corrected chi connectivity index (χ2v) is 6.42. The van der Waals surface area contributed by atoms with Crippen LogP contribution in [-0.4, -0.2) is 15.5 Å². The van der Waals surface area contributed by atoms with Gasteiger partial charge in [0.05, 0.1) is 17.6 Å². The molecule has 0 aliphatic carbocycles. The number of halogens is 1. The fraction of sp³-hybridized carbons (Fsp3) is 0.333. The molecule has 4 nitrogen and oxygen atoms in total. The van der Waals surface area contributed by atoms with Gasteiger partial charge in [-0.3, -0.25) is 4.79 Å². The van der Waals surface area contributed by atoms with Crippen molar-refractivity contribution in [3.05, 3.63) is 65.7 Å². The minimum Gasteiger partial charge on any atom is -0.345 e. The van der Waals surface area contributed by atoms with Crippen molar-refractivity contribution in [2.24, 2.45) is 0 Å². The molecule has 2 aromatic carbocycles. The van der Waals surface area contributed by atoms with E-state index in [1.807, 2.05) is 18.2 Å². The Balaban J connectivity index is 1.73. The maximum Gasteiger partial charge on any atom is 0.251 e. The maximum absolute atomic E-state index is 13.0. The summed E-state index contributed by atoms with van der Waals surface area (Å²) < 4.78 is 15.2. The quantitative estimate of drug-likeness (QED) is 0.597. The van der Waals surface area contributed by atoms with E-state index in [4.69, 9.17) is 0 Å².